The van der Waals surface area contributed by atoms with E-state index in [1.807, 2.05) is 0 Å². The largest absolute Gasteiger partial charge is 0.438 e. The minimum Gasteiger partial charge on any atom is -0.349 e. The van der Waals surface area contributed by atoms with Crippen LogP contribution in [0.4, 0.5) is 0 Å². The number of hydrogen-bond acceptors (Lipinski definition) is 5. The number of carbonyl (C=O) groups is 2. The third-order valence-electron chi connectivity index (χ3n) is 3.43. The van der Waals surface area contributed by atoms with Gasteiger partial charge in [-0.3, -0.25) is 19.1 Å². The lowest BCUT2D eigenvalue weighted by Crippen LogP contribution is -2.25. The predicted octanol–water partition coefficient (Wildman–Crippen LogP) is 0.585. The van der Waals surface area contributed by atoms with Gasteiger partial charge in [0, 0.05) is 17.7 Å². The van der Waals surface area contributed by atoms with Gasteiger partial charge in [-0.25, -0.2) is 4.79 Å². The average molecular weight is 328 g/mol. The van der Waals surface area contributed by atoms with Crippen LogP contribution in [0.2, 0.25) is 0 Å². The van der Waals surface area contributed by atoms with Crippen LogP contribution in [-0.2, 0) is 11.3 Å². The number of benzene rings is 1. The molecule has 0 unspecified atom stereocenters. The topological polar surface area (TPSA) is 117 Å². The third kappa shape index (κ3) is 4.42. The summed E-state index contributed by atoms with van der Waals surface area (Å²) in [6, 6.07) is 7.28. The second-order valence-corrected chi connectivity index (χ2v) is 5.46. The van der Waals surface area contributed by atoms with Crippen molar-refractivity contribution in [1.29, 1.82) is 0 Å². The summed E-state index contributed by atoms with van der Waals surface area (Å²) < 4.78 is 4.32. The van der Waals surface area contributed by atoms with Crippen molar-refractivity contribution in [3.8, 4) is 0 Å². The average Bonchev–Trinajstić information content (AvgIpc) is 3.30. The highest BCUT2D eigenvalue weighted by Gasteiger charge is 2.23. The SMILES string of the molecule is O=C(/C=C/c1ccc(C(=O)NC2CC2)cc1)NCc1noc(=O)[nH]1. The Morgan fingerprint density at radius 1 is 1.29 bits per heavy atom. The molecule has 124 valence electrons. The molecule has 1 fully saturated rings. The molecule has 0 bridgehead atoms. The van der Waals surface area contributed by atoms with E-state index < -0.39 is 5.76 Å². The Morgan fingerprint density at radius 3 is 2.67 bits per heavy atom. The fourth-order valence-electron chi connectivity index (χ4n) is 1.98. The van der Waals surface area contributed by atoms with E-state index in [0.717, 1.165) is 18.4 Å². The van der Waals surface area contributed by atoms with Crippen molar-refractivity contribution >= 4 is 17.9 Å². The van der Waals surface area contributed by atoms with Crippen molar-refractivity contribution in [1.82, 2.24) is 20.8 Å². The number of rotatable bonds is 6. The molecule has 2 aromatic rings. The highest BCUT2D eigenvalue weighted by molar-refractivity contribution is 5.95. The van der Waals surface area contributed by atoms with Gasteiger partial charge in [0.15, 0.2) is 5.82 Å². The number of aromatic amines is 1. The van der Waals surface area contributed by atoms with Crippen LogP contribution in [0, 0.1) is 0 Å². The van der Waals surface area contributed by atoms with Gasteiger partial charge in [-0.05, 0) is 36.6 Å². The van der Waals surface area contributed by atoms with Crippen molar-refractivity contribution in [2.24, 2.45) is 0 Å². The molecule has 0 atom stereocenters. The van der Waals surface area contributed by atoms with E-state index in [2.05, 4.69) is 25.3 Å². The van der Waals surface area contributed by atoms with Crippen LogP contribution in [0.5, 0.6) is 0 Å². The quantitative estimate of drug-likeness (QED) is 0.671. The third-order valence-corrected chi connectivity index (χ3v) is 3.43. The maximum absolute atomic E-state index is 11.9. The smallest absolute Gasteiger partial charge is 0.349 e. The first-order valence-electron chi connectivity index (χ1n) is 7.52. The molecule has 2 amide bonds. The first kappa shape index (κ1) is 15.7. The summed E-state index contributed by atoms with van der Waals surface area (Å²) >= 11 is 0. The normalized spacial score (nSPS) is 13.8. The fraction of sp³-hybridized carbons (Fsp3) is 0.250. The van der Waals surface area contributed by atoms with Crippen LogP contribution >= 0.6 is 0 Å². The highest BCUT2D eigenvalue weighted by atomic mass is 16.5. The van der Waals surface area contributed by atoms with E-state index in [-0.39, 0.29) is 24.2 Å². The Balaban J connectivity index is 1.50. The molecule has 3 rings (SSSR count). The lowest BCUT2D eigenvalue weighted by atomic mass is 10.1. The van der Waals surface area contributed by atoms with Crippen molar-refractivity contribution in [3.63, 3.8) is 0 Å². The first-order chi connectivity index (χ1) is 11.6. The van der Waals surface area contributed by atoms with E-state index in [0.29, 0.717) is 11.6 Å². The number of carbonyl (C=O) groups excluding carboxylic acids is 2. The van der Waals surface area contributed by atoms with Gasteiger partial charge in [0.2, 0.25) is 5.91 Å². The first-order valence-corrected chi connectivity index (χ1v) is 7.52. The molecule has 0 radical (unpaired) electrons. The molecule has 1 aromatic heterocycles. The Bertz CT molecular complexity index is 815. The summed E-state index contributed by atoms with van der Waals surface area (Å²) in [5, 5.41) is 8.91. The fourth-order valence-corrected chi connectivity index (χ4v) is 1.98. The molecule has 1 aliphatic carbocycles. The molecule has 3 N–H and O–H groups in total. The Hall–Kier alpha value is -3.16. The number of hydrogen-bond donors (Lipinski definition) is 3. The van der Waals surface area contributed by atoms with E-state index in [4.69, 9.17) is 0 Å². The van der Waals surface area contributed by atoms with Gasteiger partial charge in [0.05, 0.1) is 6.54 Å². The predicted molar refractivity (Wildman–Crippen MR) is 84.9 cm³/mol. The molecule has 8 heteroatoms. The number of nitrogens with one attached hydrogen (secondary N) is 3. The van der Waals surface area contributed by atoms with Crippen molar-refractivity contribution in [2.75, 3.05) is 0 Å². The molecule has 24 heavy (non-hydrogen) atoms. The molecule has 0 saturated heterocycles. The summed E-state index contributed by atoms with van der Waals surface area (Å²) in [5.41, 5.74) is 1.39. The number of aromatic nitrogens is 2. The molecular weight excluding hydrogens is 312 g/mol. The van der Waals surface area contributed by atoms with Crippen LogP contribution in [0.15, 0.2) is 39.7 Å². The molecule has 0 aliphatic heterocycles. The van der Waals surface area contributed by atoms with Crippen LogP contribution in [0.1, 0.15) is 34.6 Å². The van der Waals surface area contributed by atoms with E-state index in [1.54, 1.807) is 30.3 Å². The summed E-state index contributed by atoms with van der Waals surface area (Å²) in [6.07, 6.45) is 5.08. The zero-order valence-corrected chi connectivity index (χ0v) is 12.7. The van der Waals surface area contributed by atoms with Gasteiger partial charge in [-0.15, -0.1) is 0 Å². The van der Waals surface area contributed by atoms with Crippen LogP contribution in [0.3, 0.4) is 0 Å². The molecule has 8 nitrogen and oxygen atoms in total. The monoisotopic (exact) mass is 328 g/mol. The lowest BCUT2D eigenvalue weighted by Gasteiger charge is -2.03. The minimum atomic E-state index is -0.666. The van der Waals surface area contributed by atoms with Gasteiger partial charge < -0.3 is 10.6 Å². The highest BCUT2D eigenvalue weighted by Crippen LogP contribution is 2.19. The van der Waals surface area contributed by atoms with Crippen LogP contribution in [0.25, 0.3) is 6.08 Å². The number of H-pyrrole nitrogens is 1. The van der Waals surface area contributed by atoms with E-state index in [9.17, 15) is 14.4 Å². The van der Waals surface area contributed by atoms with Crippen molar-refractivity contribution in [3.05, 3.63) is 57.8 Å². The summed E-state index contributed by atoms with van der Waals surface area (Å²) in [7, 11) is 0. The molecule has 1 heterocycles. The summed E-state index contributed by atoms with van der Waals surface area (Å²) in [4.78, 5) is 36.6. The zero-order valence-electron chi connectivity index (χ0n) is 12.7. The van der Waals surface area contributed by atoms with Gasteiger partial charge in [-0.1, -0.05) is 17.3 Å². The van der Waals surface area contributed by atoms with Gasteiger partial charge in [0.25, 0.3) is 5.91 Å². The Kier molecular flexibility index (Phi) is 4.55. The number of nitrogens with zero attached hydrogens (tertiary/aromatic N) is 1. The Morgan fingerprint density at radius 2 is 2.04 bits per heavy atom. The zero-order chi connectivity index (χ0) is 16.9. The maximum atomic E-state index is 11.9. The van der Waals surface area contributed by atoms with E-state index >= 15 is 0 Å². The standard InChI is InChI=1S/C16H16N4O4/c21-14(17-9-13-19-16(23)24-20-13)8-3-10-1-4-11(5-2-10)15(22)18-12-6-7-12/h1-5,8,12H,6-7,9H2,(H,17,21)(H,18,22)(H,19,20,23)/b8-3+. The minimum absolute atomic E-state index is 0.0647. The lowest BCUT2D eigenvalue weighted by molar-refractivity contribution is -0.116. The molecule has 1 saturated carbocycles. The van der Waals surface area contributed by atoms with Gasteiger partial charge in [-0.2, -0.15) is 0 Å². The van der Waals surface area contributed by atoms with Gasteiger partial charge >= 0.3 is 5.76 Å². The molecule has 1 aromatic carbocycles. The van der Waals surface area contributed by atoms with Crippen LogP contribution in [-0.4, -0.2) is 28.0 Å². The maximum Gasteiger partial charge on any atom is 0.438 e. The van der Waals surface area contributed by atoms with Crippen molar-refractivity contribution in [2.45, 2.75) is 25.4 Å². The Labute approximate surface area is 136 Å². The molecule has 1 aliphatic rings. The number of amides is 2. The second-order valence-electron chi connectivity index (χ2n) is 5.46. The van der Waals surface area contributed by atoms with Crippen LogP contribution < -0.4 is 16.4 Å². The van der Waals surface area contributed by atoms with Gasteiger partial charge in [0.1, 0.15) is 0 Å². The molecular formula is C16H16N4O4. The van der Waals surface area contributed by atoms with Crippen molar-refractivity contribution < 1.29 is 14.1 Å². The van der Waals surface area contributed by atoms with E-state index in [1.165, 1.54) is 6.08 Å². The summed E-state index contributed by atoms with van der Waals surface area (Å²) in [5.74, 6) is -0.838. The molecule has 0 spiro atoms. The second kappa shape index (κ2) is 6.95. The summed E-state index contributed by atoms with van der Waals surface area (Å²) in [6.45, 7) is 0.0647.